The quantitative estimate of drug-likeness (QED) is 0.343. The summed E-state index contributed by atoms with van der Waals surface area (Å²) in [5.74, 6) is 1.72. The van der Waals surface area contributed by atoms with Crippen LogP contribution in [0.5, 0.6) is 11.5 Å². The first kappa shape index (κ1) is 23.6. The number of benzene rings is 2. The standard InChI is InChI=1S/C26H37NO4/c1-7-28-22-12-8-20(9-13-22)26(4,5)21-10-14-23(15-11-21)31-27(6)16-17-30-25(2,3)18-24-19-29-24/h8-15,24H,7,16-19H2,1-6H3. The number of hydrogen-bond donors (Lipinski definition) is 0. The molecule has 0 aromatic heterocycles. The number of hydrogen-bond acceptors (Lipinski definition) is 5. The molecule has 0 radical (unpaired) electrons. The lowest BCUT2D eigenvalue weighted by atomic mass is 9.78. The van der Waals surface area contributed by atoms with Crippen molar-refractivity contribution >= 4 is 0 Å². The van der Waals surface area contributed by atoms with Crippen LogP contribution in [0.1, 0.15) is 52.2 Å². The van der Waals surface area contributed by atoms with Crippen molar-refractivity contribution < 1.29 is 19.0 Å². The third-order valence-electron chi connectivity index (χ3n) is 5.74. The number of ether oxygens (including phenoxy) is 3. The minimum atomic E-state index is -0.171. The fourth-order valence-electron chi connectivity index (χ4n) is 3.70. The van der Waals surface area contributed by atoms with Crippen LogP contribution < -0.4 is 9.57 Å². The molecule has 1 saturated heterocycles. The van der Waals surface area contributed by atoms with Gasteiger partial charge in [0.25, 0.3) is 0 Å². The van der Waals surface area contributed by atoms with Crippen LogP contribution in [0.4, 0.5) is 0 Å². The first-order valence-corrected chi connectivity index (χ1v) is 11.2. The summed E-state index contributed by atoms with van der Waals surface area (Å²) in [5.41, 5.74) is 2.20. The van der Waals surface area contributed by atoms with E-state index in [1.165, 1.54) is 11.1 Å². The largest absolute Gasteiger partial charge is 0.494 e. The van der Waals surface area contributed by atoms with E-state index < -0.39 is 0 Å². The first-order chi connectivity index (χ1) is 14.7. The highest BCUT2D eigenvalue weighted by atomic mass is 16.7. The Morgan fingerprint density at radius 3 is 2.00 bits per heavy atom. The number of nitrogens with zero attached hydrogens (tertiary/aromatic N) is 1. The fraction of sp³-hybridized carbons (Fsp3) is 0.538. The van der Waals surface area contributed by atoms with Crippen LogP contribution in [0.15, 0.2) is 48.5 Å². The van der Waals surface area contributed by atoms with Crippen LogP contribution in [-0.4, -0.2) is 50.2 Å². The normalized spacial score (nSPS) is 16.4. The second-order valence-corrected chi connectivity index (χ2v) is 9.32. The molecule has 0 amide bonds. The molecule has 1 heterocycles. The minimum absolute atomic E-state index is 0.111. The molecule has 1 atom stereocenters. The lowest BCUT2D eigenvalue weighted by Crippen LogP contribution is -2.33. The van der Waals surface area contributed by atoms with E-state index in [0.717, 1.165) is 24.5 Å². The fourth-order valence-corrected chi connectivity index (χ4v) is 3.70. The zero-order chi connectivity index (χ0) is 22.5. The van der Waals surface area contributed by atoms with Crippen LogP contribution >= 0.6 is 0 Å². The van der Waals surface area contributed by atoms with E-state index in [0.29, 0.717) is 25.9 Å². The van der Waals surface area contributed by atoms with Crippen molar-refractivity contribution in [3.63, 3.8) is 0 Å². The third-order valence-corrected chi connectivity index (χ3v) is 5.74. The Hall–Kier alpha value is -2.08. The molecular formula is C26H37NO4. The lowest BCUT2D eigenvalue weighted by Gasteiger charge is -2.27. The molecule has 1 unspecified atom stereocenters. The molecule has 5 nitrogen and oxygen atoms in total. The smallest absolute Gasteiger partial charge is 0.147 e. The average Bonchev–Trinajstić information content (AvgIpc) is 3.52. The predicted molar refractivity (Wildman–Crippen MR) is 124 cm³/mol. The Kier molecular flexibility index (Phi) is 7.63. The first-order valence-electron chi connectivity index (χ1n) is 11.2. The molecule has 1 aliphatic rings. The van der Waals surface area contributed by atoms with Crippen molar-refractivity contribution in [2.75, 3.05) is 33.4 Å². The van der Waals surface area contributed by atoms with Gasteiger partial charge in [0.15, 0.2) is 0 Å². The van der Waals surface area contributed by atoms with Crippen molar-refractivity contribution in [1.29, 1.82) is 0 Å². The van der Waals surface area contributed by atoms with Crippen LogP contribution in [-0.2, 0) is 14.9 Å². The van der Waals surface area contributed by atoms with Gasteiger partial charge < -0.3 is 19.0 Å². The summed E-state index contributed by atoms with van der Waals surface area (Å²) >= 11 is 0. The molecule has 2 aromatic rings. The molecule has 0 bridgehead atoms. The number of likely N-dealkylation sites (N-methyl/N-ethyl adjacent to an activating group) is 1. The minimum Gasteiger partial charge on any atom is -0.494 e. The van der Waals surface area contributed by atoms with E-state index in [1.807, 2.05) is 43.3 Å². The Bertz CT molecular complexity index is 810. The molecule has 0 N–H and O–H groups in total. The Morgan fingerprint density at radius 2 is 1.48 bits per heavy atom. The molecule has 3 rings (SSSR count). The van der Waals surface area contributed by atoms with Gasteiger partial charge in [-0.2, -0.15) is 0 Å². The summed E-state index contributed by atoms with van der Waals surface area (Å²) in [4.78, 5) is 5.95. The summed E-state index contributed by atoms with van der Waals surface area (Å²) in [6, 6.07) is 16.7. The van der Waals surface area contributed by atoms with Crippen molar-refractivity contribution in [2.45, 2.75) is 58.2 Å². The Morgan fingerprint density at radius 1 is 0.935 bits per heavy atom. The van der Waals surface area contributed by atoms with Gasteiger partial charge in [-0.1, -0.05) is 38.1 Å². The monoisotopic (exact) mass is 427 g/mol. The molecule has 2 aromatic carbocycles. The van der Waals surface area contributed by atoms with E-state index in [9.17, 15) is 0 Å². The van der Waals surface area contributed by atoms with Gasteiger partial charge in [-0.15, -0.1) is 5.06 Å². The summed E-state index contributed by atoms with van der Waals surface area (Å²) in [7, 11) is 1.93. The summed E-state index contributed by atoms with van der Waals surface area (Å²) in [5, 5.41) is 1.82. The lowest BCUT2D eigenvalue weighted by molar-refractivity contribution is -0.0848. The van der Waals surface area contributed by atoms with E-state index in [4.69, 9.17) is 19.0 Å². The van der Waals surface area contributed by atoms with Gasteiger partial charge in [-0.25, -0.2) is 0 Å². The molecule has 170 valence electrons. The molecule has 0 aliphatic carbocycles. The molecule has 1 fully saturated rings. The molecule has 5 heteroatoms. The summed E-state index contributed by atoms with van der Waals surface area (Å²) in [6.07, 6.45) is 1.30. The van der Waals surface area contributed by atoms with Gasteiger partial charge >= 0.3 is 0 Å². The highest BCUT2D eigenvalue weighted by Crippen LogP contribution is 2.33. The van der Waals surface area contributed by atoms with E-state index >= 15 is 0 Å². The van der Waals surface area contributed by atoms with Crippen LogP contribution in [0.25, 0.3) is 0 Å². The Balaban J connectivity index is 1.51. The highest BCUT2D eigenvalue weighted by molar-refractivity contribution is 5.41. The van der Waals surface area contributed by atoms with Crippen molar-refractivity contribution in [1.82, 2.24) is 5.06 Å². The van der Waals surface area contributed by atoms with Gasteiger partial charge in [0.1, 0.15) is 11.5 Å². The maximum absolute atomic E-state index is 6.01. The van der Waals surface area contributed by atoms with Gasteiger partial charge in [0.05, 0.1) is 38.1 Å². The van der Waals surface area contributed by atoms with Crippen molar-refractivity contribution in [3.05, 3.63) is 59.7 Å². The second-order valence-electron chi connectivity index (χ2n) is 9.32. The summed E-state index contributed by atoms with van der Waals surface area (Å²) in [6.45, 7) is 13.5. The van der Waals surface area contributed by atoms with Gasteiger partial charge in [-0.05, 0) is 56.2 Å². The SMILES string of the molecule is CCOc1ccc(C(C)(C)c2ccc(ON(C)CCOC(C)(C)CC3CO3)cc2)cc1. The average molecular weight is 428 g/mol. The highest BCUT2D eigenvalue weighted by Gasteiger charge is 2.31. The van der Waals surface area contributed by atoms with E-state index in [-0.39, 0.29) is 11.0 Å². The van der Waals surface area contributed by atoms with Crippen molar-refractivity contribution in [3.8, 4) is 11.5 Å². The van der Waals surface area contributed by atoms with Crippen LogP contribution in [0, 0.1) is 0 Å². The second kappa shape index (κ2) is 10.0. The number of hydroxylamine groups is 2. The number of rotatable bonds is 12. The molecule has 0 spiro atoms. The van der Waals surface area contributed by atoms with E-state index in [2.05, 4.69) is 52.0 Å². The molecular weight excluding hydrogens is 390 g/mol. The zero-order valence-electron chi connectivity index (χ0n) is 19.8. The summed E-state index contributed by atoms with van der Waals surface area (Å²) < 4.78 is 16.9. The molecule has 0 saturated carbocycles. The van der Waals surface area contributed by atoms with Gasteiger partial charge in [0, 0.05) is 18.9 Å². The zero-order valence-corrected chi connectivity index (χ0v) is 19.8. The predicted octanol–water partition coefficient (Wildman–Crippen LogP) is 5.22. The van der Waals surface area contributed by atoms with Crippen LogP contribution in [0.2, 0.25) is 0 Å². The van der Waals surface area contributed by atoms with E-state index in [1.54, 1.807) is 0 Å². The molecule has 31 heavy (non-hydrogen) atoms. The maximum atomic E-state index is 6.01. The van der Waals surface area contributed by atoms with Gasteiger partial charge in [0.2, 0.25) is 0 Å². The van der Waals surface area contributed by atoms with Gasteiger partial charge in [-0.3, -0.25) is 0 Å². The Labute approximate surface area is 187 Å². The maximum Gasteiger partial charge on any atom is 0.147 e. The molecule has 1 aliphatic heterocycles. The number of epoxide rings is 1. The third kappa shape index (κ3) is 6.96. The topological polar surface area (TPSA) is 43.5 Å². The van der Waals surface area contributed by atoms with Crippen molar-refractivity contribution in [2.24, 2.45) is 0 Å². The van der Waals surface area contributed by atoms with Crippen LogP contribution in [0.3, 0.4) is 0 Å².